The van der Waals surface area contributed by atoms with Crippen molar-refractivity contribution >= 4 is 0 Å². The molecule has 0 spiro atoms. The van der Waals surface area contributed by atoms with Crippen molar-refractivity contribution in [3.63, 3.8) is 0 Å². The fourth-order valence-corrected chi connectivity index (χ4v) is 2.66. The first kappa shape index (κ1) is 15.7. The van der Waals surface area contributed by atoms with E-state index in [1.54, 1.807) is 31.4 Å². The Kier molecular flexibility index (Phi) is 4.04. The molecule has 3 aromatic rings. The molecule has 6 heteroatoms. The van der Waals surface area contributed by atoms with E-state index < -0.39 is 0 Å². The summed E-state index contributed by atoms with van der Waals surface area (Å²) >= 11 is 0. The Morgan fingerprint density at radius 1 is 0.958 bits per heavy atom. The Bertz CT molecular complexity index is 887. The van der Waals surface area contributed by atoms with E-state index in [2.05, 4.69) is 10.2 Å². The molecule has 6 nitrogen and oxygen atoms in total. The van der Waals surface area contributed by atoms with Crippen LogP contribution >= 0.6 is 0 Å². The fraction of sp³-hybridized carbons (Fsp3) is 0.167. The summed E-state index contributed by atoms with van der Waals surface area (Å²) in [5.74, 6) is 1.07. The zero-order chi connectivity index (χ0) is 17.3. The normalized spacial score (nSPS) is 10.6. The molecular formula is C18H18N2O4. The van der Waals surface area contributed by atoms with E-state index in [4.69, 9.17) is 9.47 Å². The lowest BCUT2D eigenvalue weighted by Crippen LogP contribution is -1.88. The predicted molar refractivity (Wildman–Crippen MR) is 90.6 cm³/mol. The first-order chi connectivity index (χ1) is 11.5. The molecule has 0 unspecified atom stereocenters. The van der Waals surface area contributed by atoms with Crippen LogP contribution < -0.4 is 9.47 Å². The van der Waals surface area contributed by atoms with Crippen LogP contribution in [-0.2, 0) is 0 Å². The molecule has 0 bridgehead atoms. The Balaban J connectivity index is 2.15. The van der Waals surface area contributed by atoms with E-state index in [9.17, 15) is 10.2 Å². The minimum atomic E-state index is 0.0421. The third-order valence-corrected chi connectivity index (χ3v) is 3.87. The molecule has 0 saturated heterocycles. The molecule has 1 aromatic heterocycles. The zero-order valence-electron chi connectivity index (χ0n) is 13.6. The molecule has 0 fully saturated rings. The van der Waals surface area contributed by atoms with Crippen molar-refractivity contribution in [1.82, 2.24) is 10.2 Å². The van der Waals surface area contributed by atoms with E-state index in [-0.39, 0.29) is 11.5 Å². The van der Waals surface area contributed by atoms with Crippen LogP contribution in [0.25, 0.3) is 22.4 Å². The van der Waals surface area contributed by atoms with Gasteiger partial charge >= 0.3 is 0 Å². The highest BCUT2D eigenvalue weighted by Crippen LogP contribution is 2.40. The number of aromatic nitrogens is 2. The number of aromatic hydroxyl groups is 2. The van der Waals surface area contributed by atoms with E-state index >= 15 is 0 Å². The molecule has 2 aromatic carbocycles. The van der Waals surface area contributed by atoms with Gasteiger partial charge in [0.2, 0.25) is 0 Å². The number of benzene rings is 2. The number of hydrogen-bond donors (Lipinski definition) is 3. The van der Waals surface area contributed by atoms with Gasteiger partial charge in [-0.25, -0.2) is 0 Å². The Morgan fingerprint density at radius 3 is 2.38 bits per heavy atom. The van der Waals surface area contributed by atoms with Crippen molar-refractivity contribution in [2.45, 2.75) is 6.92 Å². The van der Waals surface area contributed by atoms with Gasteiger partial charge in [-0.2, -0.15) is 5.10 Å². The number of ether oxygens (including phenoxy) is 2. The van der Waals surface area contributed by atoms with Crippen LogP contribution in [0.5, 0.6) is 23.0 Å². The molecular weight excluding hydrogens is 308 g/mol. The van der Waals surface area contributed by atoms with Gasteiger partial charge < -0.3 is 19.7 Å². The van der Waals surface area contributed by atoms with E-state index in [1.807, 2.05) is 13.0 Å². The second kappa shape index (κ2) is 6.16. The summed E-state index contributed by atoms with van der Waals surface area (Å²) in [6, 6.07) is 10.2. The topological polar surface area (TPSA) is 87.6 Å². The molecule has 0 saturated carbocycles. The lowest BCUT2D eigenvalue weighted by Gasteiger charge is -2.09. The average molecular weight is 326 g/mol. The number of phenols is 2. The average Bonchev–Trinajstić information content (AvgIpc) is 2.96. The second-order valence-corrected chi connectivity index (χ2v) is 5.34. The van der Waals surface area contributed by atoms with Crippen molar-refractivity contribution < 1.29 is 19.7 Å². The largest absolute Gasteiger partial charge is 0.507 e. The summed E-state index contributed by atoms with van der Waals surface area (Å²) in [5.41, 5.74) is 3.56. The SMILES string of the molecule is COc1ccc(-c2n[nH]c(C)c2-c2ccc(OC)c(O)c2)c(O)c1. The minimum absolute atomic E-state index is 0.0421. The van der Waals surface area contributed by atoms with Crippen molar-refractivity contribution in [2.75, 3.05) is 14.2 Å². The Hall–Kier alpha value is -3.15. The standard InChI is InChI=1S/C18H18N2O4/c1-10-17(11-4-7-16(24-3)15(22)8-11)18(20-19-10)13-6-5-12(23-2)9-14(13)21/h4-9,21-22H,1-3H3,(H,19,20). The molecule has 3 rings (SSSR count). The Morgan fingerprint density at radius 2 is 1.75 bits per heavy atom. The van der Waals surface area contributed by atoms with Crippen LogP contribution in [0.4, 0.5) is 0 Å². The molecule has 124 valence electrons. The number of rotatable bonds is 4. The van der Waals surface area contributed by atoms with E-state index in [1.165, 1.54) is 13.2 Å². The number of nitrogens with zero attached hydrogens (tertiary/aromatic N) is 1. The number of H-pyrrole nitrogens is 1. The first-order valence-corrected chi connectivity index (χ1v) is 7.35. The molecule has 0 aliphatic carbocycles. The van der Waals surface area contributed by atoms with Gasteiger partial charge in [0.05, 0.1) is 14.2 Å². The first-order valence-electron chi connectivity index (χ1n) is 7.35. The number of aryl methyl sites for hydroxylation is 1. The second-order valence-electron chi connectivity index (χ2n) is 5.34. The van der Waals surface area contributed by atoms with Gasteiger partial charge in [0.25, 0.3) is 0 Å². The highest BCUT2D eigenvalue weighted by atomic mass is 16.5. The lowest BCUT2D eigenvalue weighted by atomic mass is 9.98. The van der Waals surface area contributed by atoms with Gasteiger partial charge in [0.1, 0.15) is 17.2 Å². The number of phenolic OH excluding ortho intramolecular Hbond substituents is 2. The van der Waals surface area contributed by atoms with Crippen LogP contribution in [-0.4, -0.2) is 34.6 Å². The maximum atomic E-state index is 10.3. The monoisotopic (exact) mass is 326 g/mol. The molecule has 0 amide bonds. The van der Waals surface area contributed by atoms with Gasteiger partial charge in [-0.1, -0.05) is 6.07 Å². The molecule has 1 heterocycles. The van der Waals surface area contributed by atoms with Gasteiger partial charge in [0, 0.05) is 22.9 Å². The summed E-state index contributed by atoms with van der Waals surface area (Å²) in [4.78, 5) is 0. The quantitative estimate of drug-likeness (QED) is 0.683. The van der Waals surface area contributed by atoms with Crippen LogP contribution in [0.15, 0.2) is 36.4 Å². The van der Waals surface area contributed by atoms with Crippen LogP contribution in [0.3, 0.4) is 0 Å². The number of aromatic amines is 1. The van der Waals surface area contributed by atoms with Gasteiger partial charge in [-0.15, -0.1) is 0 Å². The summed E-state index contributed by atoms with van der Waals surface area (Å²) in [6.45, 7) is 1.88. The predicted octanol–water partition coefficient (Wildman–Crippen LogP) is 3.48. The number of methoxy groups -OCH3 is 2. The minimum Gasteiger partial charge on any atom is -0.507 e. The van der Waals surface area contributed by atoms with Gasteiger partial charge in [-0.3, -0.25) is 5.10 Å². The maximum absolute atomic E-state index is 10.3. The summed E-state index contributed by atoms with van der Waals surface area (Å²) in [5, 5.41) is 27.6. The summed E-state index contributed by atoms with van der Waals surface area (Å²) in [7, 11) is 3.04. The molecule has 0 radical (unpaired) electrons. The number of hydrogen-bond acceptors (Lipinski definition) is 5. The lowest BCUT2D eigenvalue weighted by molar-refractivity contribution is 0.373. The fourth-order valence-electron chi connectivity index (χ4n) is 2.66. The summed E-state index contributed by atoms with van der Waals surface area (Å²) < 4.78 is 10.2. The van der Waals surface area contributed by atoms with Crippen molar-refractivity contribution in [3.8, 4) is 45.4 Å². The molecule has 0 aliphatic rings. The van der Waals surface area contributed by atoms with Crippen molar-refractivity contribution in [3.05, 3.63) is 42.1 Å². The number of nitrogens with one attached hydrogen (secondary N) is 1. The van der Waals surface area contributed by atoms with E-state index in [0.29, 0.717) is 22.8 Å². The highest BCUT2D eigenvalue weighted by molar-refractivity contribution is 5.85. The van der Waals surface area contributed by atoms with Gasteiger partial charge in [-0.05, 0) is 36.8 Å². The maximum Gasteiger partial charge on any atom is 0.160 e. The van der Waals surface area contributed by atoms with E-state index in [0.717, 1.165) is 16.8 Å². The molecule has 24 heavy (non-hydrogen) atoms. The van der Waals surface area contributed by atoms with Crippen LogP contribution in [0.2, 0.25) is 0 Å². The molecule has 3 N–H and O–H groups in total. The van der Waals surface area contributed by atoms with Crippen LogP contribution in [0.1, 0.15) is 5.69 Å². The van der Waals surface area contributed by atoms with Gasteiger partial charge in [0.15, 0.2) is 11.5 Å². The molecule has 0 atom stereocenters. The van der Waals surface area contributed by atoms with Crippen molar-refractivity contribution in [2.24, 2.45) is 0 Å². The third kappa shape index (κ3) is 2.62. The smallest absolute Gasteiger partial charge is 0.160 e. The third-order valence-electron chi connectivity index (χ3n) is 3.87. The summed E-state index contributed by atoms with van der Waals surface area (Å²) in [6.07, 6.45) is 0. The molecule has 0 aliphatic heterocycles. The highest BCUT2D eigenvalue weighted by Gasteiger charge is 2.18. The Labute approximate surface area is 139 Å². The van der Waals surface area contributed by atoms with Crippen LogP contribution in [0, 0.1) is 6.92 Å². The zero-order valence-corrected chi connectivity index (χ0v) is 13.6. The van der Waals surface area contributed by atoms with Crippen molar-refractivity contribution in [1.29, 1.82) is 0 Å².